The van der Waals surface area contributed by atoms with E-state index in [9.17, 15) is 4.79 Å². The van der Waals surface area contributed by atoms with Crippen molar-refractivity contribution in [2.45, 2.75) is 70.4 Å². The number of carbonyl (C=O) groups is 1. The number of likely N-dealkylation sites (N-methyl/N-ethyl adjacent to an activating group) is 1. The van der Waals surface area contributed by atoms with Gasteiger partial charge in [0.25, 0.3) is 0 Å². The lowest BCUT2D eigenvalue weighted by atomic mass is 9.95. The second-order valence-corrected chi connectivity index (χ2v) is 6.13. The largest absolute Gasteiger partial charge is 0.344 e. The van der Waals surface area contributed by atoms with Crippen molar-refractivity contribution in [3.63, 3.8) is 0 Å². The number of hydrogen-bond donors (Lipinski definition) is 1. The molecule has 1 saturated carbocycles. The van der Waals surface area contributed by atoms with Crippen molar-refractivity contribution in [3.8, 4) is 0 Å². The Morgan fingerprint density at radius 3 is 2.72 bits per heavy atom. The maximum absolute atomic E-state index is 11.9. The molecule has 0 aromatic rings. The molecule has 3 atom stereocenters. The summed E-state index contributed by atoms with van der Waals surface area (Å²) >= 11 is 0. The molecule has 1 heterocycles. The van der Waals surface area contributed by atoms with Crippen LogP contribution < -0.4 is 5.32 Å². The molecule has 0 aromatic carbocycles. The Balaban J connectivity index is 1.78. The number of amides is 1. The van der Waals surface area contributed by atoms with Crippen LogP contribution in [-0.4, -0.2) is 36.5 Å². The van der Waals surface area contributed by atoms with Gasteiger partial charge in [0, 0.05) is 19.6 Å². The molecule has 1 saturated heterocycles. The summed E-state index contributed by atoms with van der Waals surface area (Å²) in [5, 5.41) is 3.61. The van der Waals surface area contributed by atoms with Crippen LogP contribution in [0.15, 0.2) is 0 Å². The van der Waals surface area contributed by atoms with Crippen molar-refractivity contribution in [1.82, 2.24) is 10.2 Å². The van der Waals surface area contributed by atoms with Crippen molar-refractivity contribution in [2.24, 2.45) is 5.92 Å². The van der Waals surface area contributed by atoms with Gasteiger partial charge in [-0.15, -0.1) is 0 Å². The lowest BCUT2D eigenvalue weighted by molar-refractivity contribution is -0.128. The summed E-state index contributed by atoms with van der Waals surface area (Å²) in [6.45, 7) is 3.20. The van der Waals surface area contributed by atoms with Crippen molar-refractivity contribution in [2.75, 3.05) is 13.6 Å². The fourth-order valence-electron chi connectivity index (χ4n) is 3.50. The lowest BCUT2D eigenvalue weighted by Crippen LogP contribution is -2.42. The van der Waals surface area contributed by atoms with E-state index in [2.05, 4.69) is 12.2 Å². The van der Waals surface area contributed by atoms with Crippen LogP contribution in [0.1, 0.15) is 58.3 Å². The fourth-order valence-corrected chi connectivity index (χ4v) is 3.50. The molecule has 3 nitrogen and oxygen atoms in total. The summed E-state index contributed by atoms with van der Waals surface area (Å²) < 4.78 is 0. The molecular weight excluding hydrogens is 224 g/mol. The number of nitrogens with zero attached hydrogens (tertiary/aromatic N) is 1. The van der Waals surface area contributed by atoms with Crippen LogP contribution in [0.4, 0.5) is 0 Å². The van der Waals surface area contributed by atoms with Gasteiger partial charge in [0.15, 0.2) is 0 Å². The number of hydrogen-bond acceptors (Lipinski definition) is 2. The van der Waals surface area contributed by atoms with Gasteiger partial charge in [-0.05, 0) is 31.6 Å². The molecule has 1 amide bonds. The second kappa shape index (κ2) is 6.55. The highest BCUT2D eigenvalue weighted by molar-refractivity contribution is 5.83. The van der Waals surface area contributed by atoms with Crippen LogP contribution in [0.5, 0.6) is 0 Å². The van der Waals surface area contributed by atoms with Gasteiger partial charge in [-0.2, -0.15) is 0 Å². The van der Waals surface area contributed by atoms with Crippen LogP contribution in [0.3, 0.4) is 0 Å². The zero-order valence-corrected chi connectivity index (χ0v) is 12.0. The van der Waals surface area contributed by atoms with Crippen LogP contribution >= 0.6 is 0 Å². The van der Waals surface area contributed by atoms with Crippen molar-refractivity contribution >= 4 is 5.91 Å². The SMILES string of the molecule is CCCC1CCCC(NC2CCN(C)C2=O)CC1. The number of carbonyl (C=O) groups excluding carboxylic acids is 1. The van der Waals surface area contributed by atoms with Crippen molar-refractivity contribution in [1.29, 1.82) is 0 Å². The Morgan fingerprint density at radius 1 is 1.22 bits per heavy atom. The average molecular weight is 252 g/mol. The minimum absolute atomic E-state index is 0.0997. The zero-order valence-electron chi connectivity index (χ0n) is 12.0. The van der Waals surface area contributed by atoms with E-state index in [1.165, 1.54) is 44.9 Å². The van der Waals surface area contributed by atoms with Crippen LogP contribution in [-0.2, 0) is 4.79 Å². The van der Waals surface area contributed by atoms with Gasteiger partial charge in [0.05, 0.1) is 6.04 Å². The van der Waals surface area contributed by atoms with Crippen LogP contribution in [0.2, 0.25) is 0 Å². The van der Waals surface area contributed by atoms with E-state index in [1.54, 1.807) is 0 Å². The first kappa shape index (κ1) is 13.9. The third-order valence-corrected chi connectivity index (χ3v) is 4.65. The molecule has 0 spiro atoms. The maximum atomic E-state index is 11.9. The molecule has 1 aliphatic carbocycles. The lowest BCUT2D eigenvalue weighted by Gasteiger charge is -2.20. The highest BCUT2D eigenvalue weighted by atomic mass is 16.2. The molecule has 0 radical (unpaired) electrons. The predicted molar refractivity (Wildman–Crippen MR) is 74.4 cm³/mol. The summed E-state index contributed by atoms with van der Waals surface area (Å²) in [7, 11) is 1.91. The predicted octanol–water partition coefficient (Wildman–Crippen LogP) is 2.56. The third kappa shape index (κ3) is 3.47. The zero-order chi connectivity index (χ0) is 13.0. The van der Waals surface area contributed by atoms with Gasteiger partial charge < -0.3 is 10.2 Å². The van der Waals surface area contributed by atoms with E-state index in [1.807, 2.05) is 11.9 Å². The first-order valence-electron chi connectivity index (χ1n) is 7.71. The molecule has 0 bridgehead atoms. The average Bonchev–Trinajstić information content (AvgIpc) is 2.57. The standard InChI is InChI=1S/C15H28N2O/c1-3-5-12-6-4-7-13(9-8-12)16-14-10-11-17(2)15(14)18/h12-14,16H,3-11H2,1-2H3. The number of likely N-dealkylation sites (tertiary alicyclic amines) is 1. The molecule has 2 aliphatic rings. The topological polar surface area (TPSA) is 32.3 Å². The first-order chi connectivity index (χ1) is 8.70. The Morgan fingerprint density at radius 2 is 2.06 bits per heavy atom. The van der Waals surface area contributed by atoms with Gasteiger partial charge in [-0.1, -0.05) is 32.6 Å². The molecule has 18 heavy (non-hydrogen) atoms. The summed E-state index contributed by atoms with van der Waals surface area (Å²) in [6, 6.07) is 0.676. The molecule has 104 valence electrons. The normalized spacial score (nSPS) is 33.8. The third-order valence-electron chi connectivity index (χ3n) is 4.65. The van der Waals surface area contributed by atoms with Crippen LogP contribution in [0.25, 0.3) is 0 Å². The molecule has 3 heteroatoms. The first-order valence-corrected chi connectivity index (χ1v) is 7.71. The Kier molecular flexibility index (Phi) is 5.04. The minimum atomic E-state index is 0.0997. The Hall–Kier alpha value is -0.570. The molecule has 1 aliphatic heterocycles. The van der Waals surface area contributed by atoms with E-state index in [-0.39, 0.29) is 6.04 Å². The van der Waals surface area contributed by atoms with Gasteiger partial charge in [0.2, 0.25) is 5.91 Å². The van der Waals surface area contributed by atoms with E-state index in [0.717, 1.165) is 18.9 Å². The Labute approximate surface area is 111 Å². The van der Waals surface area contributed by atoms with E-state index in [0.29, 0.717) is 11.9 Å². The summed E-state index contributed by atoms with van der Waals surface area (Å²) in [4.78, 5) is 13.8. The quantitative estimate of drug-likeness (QED) is 0.780. The van der Waals surface area contributed by atoms with Gasteiger partial charge in [-0.3, -0.25) is 4.79 Å². The molecular formula is C15H28N2O. The molecule has 1 N–H and O–H groups in total. The van der Waals surface area contributed by atoms with Crippen molar-refractivity contribution in [3.05, 3.63) is 0 Å². The summed E-state index contributed by atoms with van der Waals surface area (Å²) in [5.41, 5.74) is 0. The smallest absolute Gasteiger partial charge is 0.239 e. The highest BCUT2D eigenvalue weighted by Crippen LogP contribution is 2.27. The minimum Gasteiger partial charge on any atom is -0.344 e. The monoisotopic (exact) mass is 252 g/mol. The van der Waals surface area contributed by atoms with E-state index >= 15 is 0 Å². The number of nitrogens with one attached hydrogen (secondary N) is 1. The van der Waals surface area contributed by atoms with Crippen molar-refractivity contribution < 1.29 is 4.79 Å². The van der Waals surface area contributed by atoms with E-state index < -0.39 is 0 Å². The summed E-state index contributed by atoms with van der Waals surface area (Å²) in [5.74, 6) is 1.23. The summed E-state index contributed by atoms with van der Waals surface area (Å²) in [6.07, 6.45) is 10.3. The molecule has 3 unspecified atom stereocenters. The Bertz CT molecular complexity index is 280. The fraction of sp³-hybridized carbons (Fsp3) is 0.933. The molecule has 2 fully saturated rings. The van der Waals surface area contributed by atoms with E-state index in [4.69, 9.17) is 0 Å². The molecule has 0 aromatic heterocycles. The molecule has 2 rings (SSSR count). The maximum Gasteiger partial charge on any atom is 0.239 e. The van der Waals surface area contributed by atoms with Crippen LogP contribution in [0, 0.1) is 5.92 Å². The van der Waals surface area contributed by atoms with Gasteiger partial charge >= 0.3 is 0 Å². The second-order valence-electron chi connectivity index (χ2n) is 6.13. The van der Waals surface area contributed by atoms with Gasteiger partial charge in [-0.25, -0.2) is 0 Å². The highest BCUT2D eigenvalue weighted by Gasteiger charge is 2.31. The van der Waals surface area contributed by atoms with Gasteiger partial charge in [0.1, 0.15) is 0 Å². The number of rotatable bonds is 4.